The summed E-state index contributed by atoms with van der Waals surface area (Å²) in [6.45, 7) is 0. The summed E-state index contributed by atoms with van der Waals surface area (Å²) >= 11 is 1.36. The Labute approximate surface area is 142 Å². The van der Waals surface area contributed by atoms with Gasteiger partial charge in [0.1, 0.15) is 16.7 Å². The molecule has 0 saturated heterocycles. The highest BCUT2D eigenvalue weighted by molar-refractivity contribution is 7.98. The molecule has 0 saturated carbocycles. The Kier molecular flexibility index (Phi) is 4.15. The van der Waals surface area contributed by atoms with Crippen LogP contribution in [0.3, 0.4) is 0 Å². The number of anilines is 2. The molecule has 2 heterocycles. The number of rotatable bonds is 4. The Bertz CT molecular complexity index is 1050. The van der Waals surface area contributed by atoms with Crippen molar-refractivity contribution >= 4 is 38.9 Å². The molecule has 0 spiro atoms. The van der Waals surface area contributed by atoms with E-state index in [1.165, 1.54) is 28.4 Å². The molecule has 2 aromatic heterocycles. The number of sulfonamides is 1. The number of nitriles is 1. The van der Waals surface area contributed by atoms with Crippen LogP contribution in [0.5, 0.6) is 0 Å². The number of aromatic nitrogens is 3. The SMILES string of the molecule is CSc1nc2ccnn2c(Nc2ccc(S(N)(=O)=O)cc2)c1C#N. The fraction of sp³-hybridized carbons (Fsp3) is 0.0714. The van der Waals surface area contributed by atoms with Gasteiger partial charge in [0.25, 0.3) is 0 Å². The summed E-state index contributed by atoms with van der Waals surface area (Å²) in [5.74, 6) is 0.459. The maximum atomic E-state index is 11.3. The Morgan fingerprint density at radius 2 is 2.00 bits per heavy atom. The van der Waals surface area contributed by atoms with Crippen molar-refractivity contribution in [3.05, 3.63) is 42.1 Å². The molecule has 0 aliphatic carbocycles. The molecular weight excluding hydrogens is 348 g/mol. The maximum Gasteiger partial charge on any atom is 0.238 e. The van der Waals surface area contributed by atoms with Crippen LogP contribution in [0.2, 0.25) is 0 Å². The molecule has 0 fully saturated rings. The lowest BCUT2D eigenvalue weighted by atomic mass is 10.3. The fourth-order valence-corrected chi connectivity index (χ4v) is 3.20. The summed E-state index contributed by atoms with van der Waals surface area (Å²) in [7, 11) is -3.75. The number of hydrogen-bond acceptors (Lipinski definition) is 7. The Hall–Kier alpha value is -2.61. The van der Waals surface area contributed by atoms with Crippen molar-refractivity contribution in [3.63, 3.8) is 0 Å². The summed E-state index contributed by atoms with van der Waals surface area (Å²) in [6, 6.07) is 9.77. The molecule has 0 aliphatic rings. The minimum atomic E-state index is -3.75. The Morgan fingerprint density at radius 3 is 2.58 bits per heavy atom. The first-order valence-electron chi connectivity index (χ1n) is 6.66. The predicted octanol–water partition coefficient (Wildman–Crippen LogP) is 1.71. The quantitative estimate of drug-likeness (QED) is 0.536. The first kappa shape index (κ1) is 16.3. The van der Waals surface area contributed by atoms with E-state index in [4.69, 9.17) is 5.14 Å². The first-order chi connectivity index (χ1) is 11.4. The number of nitrogens with zero attached hydrogens (tertiary/aromatic N) is 4. The van der Waals surface area contributed by atoms with Gasteiger partial charge in [-0.15, -0.1) is 11.8 Å². The second kappa shape index (κ2) is 6.12. The van der Waals surface area contributed by atoms with Crippen molar-refractivity contribution < 1.29 is 8.42 Å². The number of hydrogen-bond donors (Lipinski definition) is 2. The van der Waals surface area contributed by atoms with Crippen LogP contribution in [0, 0.1) is 11.3 Å². The van der Waals surface area contributed by atoms with Gasteiger partial charge in [-0.05, 0) is 30.5 Å². The minimum absolute atomic E-state index is 0.0114. The summed E-state index contributed by atoms with van der Waals surface area (Å²) in [6.07, 6.45) is 3.42. The topological polar surface area (TPSA) is 126 Å². The molecule has 3 rings (SSSR count). The van der Waals surface area contributed by atoms with Gasteiger partial charge in [-0.1, -0.05) is 0 Å². The van der Waals surface area contributed by atoms with E-state index in [1.807, 2.05) is 6.26 Å². The molecule has 0 amide bonds. The van der Waals surface area contributed by atoms with E-state index in [0.717, 1.165) is 0 Å². The molecule has 8 nitrogen and oxygen atoms in total. The molecule has 0 bridgehead atoms. The van der Waals surface area contributed by atoms with E-state index < -0.39 is 10.0 Å². The smallest absolute Gasteiger partial charge is 0.238 e. The van der Waals surface area contributed by atoms with E-state index in [-0.39, 0.29) is 4.90 Å². The summed E-state index contributed by atoms with van der Waals surface area (Å²) in [4.78, 5) is 4.39. The van der Waals surface area contributed by atoms with Crippen LogP contribution in [0.15, 0.2) is 46.5 Å². The Morgan fingerprint density at radius 1 is 1.29 bits per heavy atom. The summed E-state index contributed by atoms with van der Waals surface area (Å²) in [5, 5.41) is 22.4. The molecule has 10 heteroatoms. The lowest BCUT2D eigenvalue weighted by Gasteiger charge is -2.12. The third kappa shape index (κ3) is 2.92. The van der Waals surface area contributed by atoms with Crippen LogP contribution >= 0.6 is 11.8 Å². The van der Waals surface area contributed by atoms with Crippen molar-refractivity contribution in [3.8, 4) is 6.07 Å². The van der Waals surface area contributed by atoms with Crippen molar-refractivity contribution in [1.82, 2.24) is 14.6 Å². The van der Waals surface area contributed by atoms with Gasteiger partial charge in [-0.25, -0.2) is 18.5 Å². The number of primary sulfonamides is 1. The lowest BCUT2D eigenvalue weighted by molar-refractivity contribution is 0.598. The molecule has 0 aliphatic heterocycles. The molecule has 122 valence electrons. The molecule has 0 radical (unpaired) electrons. The number of fused-ring (bicyclic) bond motifs is 1. The normalized spacial score (nSPS) is 11.4. The van der Waals surface area contributed by atoms with Crippen molar-refractivity contribution in [2.45, 2.75) is 9.92 Å². The predicted molar refractivity (Wildman–Crippen MR) is 90.6 cm³/mol. The Balaban J connectivity index is 2.10. The molecule has 1 aromatic carbocycles. The highest BCUT2D eigenvalue weighted by Crippen LogP contribution is 2.28. The number of nitrogens with one attached hydrogen (secondary N) is 1. The molecule has 24 heavy (non-hydrogen) atoms. The van der Waals surface area contributed by atoms with E-state index in [1.54, 1.807) is 24.4 Å². The molecular formula is C14H12N6O2S2. The number of thioether (sulfide) groups is 1. The molecule has 3 aromatic rings. The van der Waals surface area contributed by atoms with Crippen molar-refractivity contribution in [1.29, 1.82) is 5.26 Å². The van der Waals surface area contributed by atoms with Gasteiger partial charge in [0, 0.05) is 11.8 Å². The van der Waals surface area contributed by atoms with E-state index in [2.05, 4.69) is 21.5 Å². The molecule has 0 atom stereocenters. The largest absolute Gasteiger partial charge is 0.339 e. The van der Waals surface area contributed by atoms with Gasteiger partial charge < -0.3 is 5.32 Å². The maximum absolute atomic E-state index is 11.3. The van der Waals surface area contributed by atoms with E-state index in [9.17, 15) is 13.7 Å². The van der Waals surface area contributed by atoms with E-state index in [0.29, 0.717) is 27.7 Å². The second-order valence-electron chi connectivity index (χ2n) is 4.75. The number of benzene rings is 1. The van der Waals surface area contributed by atoms with Gasteiger partial charge in [-0.3, -0.25) is 0 Å². The monoisotopic (exact) mass is 360 g/mol. The summed E-state index contributed by atoms with van der Waals surface area (Å²) < 4.78 is 24.2. The highest BCUT2D eigenvalue weighted by atomic mass is 32.2. The average Bonchev–Trinajstić information content (AvgIpc) is 3.02. The molecule has 3 N–H and O–H groups in total. The van der Waals surface area contributed by atoms with E-state index >= 15 is 0 Å². The standard InChI is InChI=1S/C14H12N6O2S2/c1-23-14-11(8-15)13(20-12(19-14)6-7-17-20)18-9-2-4-10(5-3-9)24(16,21)22/h2-7,18H,1H3,(H2,16,21,22). The second-order valence-corrected chi connectivity index (χ2v) is 7.11. The van der Waals surface area contributed by atoms with Gasteiger partial charge in [0.05, 0.1) is 11.1 Å². The van der Waals surface area contributed by atoms with Crippen molar-refractivity contribution in [2.75, 3.05) is 11.6 Å². The summed E-state index contributed by atoms with van der Waals surface area (Å²) in [5.41, 5.74) is 1.55. The third-order valence-corrected chi connectivity index (χ3v) is 4.86. The first-order valence-corrected chi connectivity index (χ1v) is 9.43. The zero-order valence-corrected chi connectivity index (χ0v) is 14.1. The minimum Gasteiger partial charge on any atom is -0.339 e. The lowest BCUT2D eigenvalue weighted by Crippen LogP contribution is -2.12. The highest BCUT2D eigenvalue weighted by Gasteiger charge is 2.16. The van der Waals surface area contributed by atoms with Crippen LogP contribution in [0.1, 0.15) is 5.56 Å². The molecule has 0 unspecified atom stereocenters. The fourth-order valence-electron chi connectivity index (χ4n) is 2.15. The van der Waals surface area contributed by atoms with Crippen LogP contribution in [-0.4, -0.2) is 29.3 Å². The zero-order chi connectivity index (χ0) is 17.3. The van der Waals surface area contributed by atoms with Crippen LogP contribution in [-0.2, 0) is 10.0 Å². The van der Waals surface area contributed by atoms with Gasteiger partial charge in [0.15, 0.2) is 11.5 Å². The average molecular weight is 360 g/mol. The van der Waals surface area contributed by atoms with Crippen LogP contribution in [0.4, 0.5) is 11.5 Å². The van der Waals surface area contributed by atoms with Crippen molar-refractivity contribution in [2.24, 2.45) is 5.14 Å². The van der Waals surface area contributed by atoms with Crippen LogP contribution < -0.4 is 10.5 Å². The van der Waals surface area contributed by atoms with Crippen LogP contribution in [0.25, 0.3) is 5.65 Å². The zero-order valence-electron chi connectivity index (χ0n) is 12.5. The number of nitrogens with two attached hydrogens (primary N) is 1. The van der Waals surface area contributed by atoms with Gasteiger partial charge >= 0.3 is 0 Å². The van der Waals surface area contributed by atoms with Gasteiger partial charge in [0.2, 0.25) is 10.0 Å². The van der Waals surface area contributed by atoms with Gasteiger partial charge in [-0.2, -0.15) is 14.9 Å². The third-order valence-electron chi connectivity index (χ3n) is 3.25.